The van der Waals surface area contributed by atoms with Crippen molar-refractivity contribution in [3.63, 3.8) is 0 Å². The SMILES string of the molecule is ClCSc1nc[nH]n1. The molecular formula is C3H4ClN3S. The summed E-state index contributed by atoms with van der Waals surface area (Å²) in [5.74, 6) is 0. The van der Waals surface area contributed by atoms with Crippen LogP contribution < -0.4 is 0 Å². The topological polar surface area (TPSA) is 41.6 Å². The van der Waals surface area contributed by atoms with Gasteiger partial charge in [-0.1, -0.05) is 11.8 Å². The summed E-state index contributed by atoms with van der Waals surface area (Å²) in [6.45, 7) is 0. The minimum absolute atomic E-state index is 0.498. The Morgan fingerprint density at radius 2 is 2.75 bits per heavy atom. The Bertz CT molecular complexity index is 140. The molecule has 0 radical (unpaired) electrons. The Hall–Kier alpha value is -0.220. The number of halogens is 1. The Morgan fingerprint density at radius 3 is 3.25 bits per heavy atom. The van der Waals surface area contributed by atoms with Crippen LogP contribution in [0, 0.1) is 0 Å². The maximum atomic E-state index is 5.36. The summed E-state index contributed by atoms with van der Waals surface area (Å²) in [4.78, 5) is 3.82. The average Bonchev–Trinajstić information content (AvgIpc) is 2.19. The van der Waals surface area contributed by atoms with Crippen LogP contribution in [0.2, 0.25) is 0 Å². The molecule has 0 atom stereocenters. The van der Waals surface area contributed by atoms with Crippen molar-refractivity contribution in [1.29, 1.82) is 0 Å². The standard InChI is InChI=1S/C3H4ClN3S/c4-1-8-3-5-2-6-7-3/h2H,1H2,(H,5,6,7). The second-order valence-corrected chi connectivity index (χ2v) is 2.56. The third-order valence-electron chi connectivity index (χ3n) is 0.577. The fourth-order valence-electron chi connectivity index (χ4n) is 0.315. The number of alkyl halides is 1. The molecule has 0 bridgehead atoms. The van der Waals surface area contributed by atoms with Crippen molar-refractivity contribution >= 4 is 23.4 Å². The van der Waals surface area contributed by atoms with E-state index in [1.165, 1.54) is 18.1 Å². The van der Waals surface area contributed by atoms with Crippen molar-refractivity contribution < 1.29 is 0 Å². The van der Waals surface area contributed by atoms with Crippen LogP contribution in [0.3, 0.4) is 0 Å². The van der Waals surface area contributed by atoms with Gasteiger partial charge in [-0.3, -0.25) is 5.10 Å². The monoisotopic (exact) mass is 149 g/mol. The summed E-state index contributed by atoms with van der Waals surface area (Å²) < 4.78 is 0. The largest absolute Gasteiger partial charge is 0.265 e. The molecule has 0 spiro atoms. The highest BCUT2D eigenvalue weighted by Gasteiger charge is 1.91. The predicted molar refractivity (Wildman–Crippen MR) is 33.0 cm³/mol. The van der Waals surface area contributed by atoms with E-state index in [1.54, 1.807) is 0 Å². The molecule has 3 nitrogen and oxygen atoms in total. The first-order valence-corrected chi connectivity index (χ1v) is 3.50. The highest BCUT2D eigenvalue weighted by atomic mass is 35.5. The van der Waals surface area contributed by atoms with Gasteiger partial charge in [0.1, 0.15) is 6.33 Å². The second-order valence-electron chi connectivity index (χ2n) is 1.04. The molecule has 44 valence electrons. The Balaban J connectivity index is 2.50. The highest BCUT2D eigenvalue weighted by molar-refractivity contribution is 8.00. The van der Waals surface area contributed by atoms with Crippen LogP contribution in [0.1, 0.15) is 0 Å². The maximum Gasteiger partial charge on any atom is 0.209 e. The molecule has 0 saturated carbocycles. The van der Waals surface area contributed by atoms with Crippen molar-refractivity contribution in [2.75, 3.05) is 5.21 Å². The first-order chi connectivity index (χ1) is 3.93. The molecule has 0 fully saturated rings. The summed E-state index contributed by atoms with van der Waals surface area (Å²) in [6.07, 6.45) is 1.52. The fraction of sp³-hybridized carbons (Fsp3) is 0.333. The fourth-order valence-corrected chi connectivity index (χ4v) is 0.950. The number of aromatic nitrogens is 3. The van der Waals surface area contributed by atoms with Crippen molar-refractivity contribution in [3.05, 3.63) is 6.33 Å². The van der Waals surface area contributed by atoms with E-state index >= 15 is 0 Å². The third kappa shape index (κ3) is 1.38. The summed E-state index contributed by atoms with van der Waals surface area (Å²) >= 11 is 6.76. The Kier molecular flexibility index (Phi) is 2.17. The van der Waals surface area contributed by atoms with E-state index in [1.807, 2.05) is 0 Å². The maximum absolute atomic E-state index is 5.36. The summed E-state index contributed by atoms with van der Waals surface area (Å²) in [7, 11) is 0. The van der Waals surface area contributed by atoms with Crippen LogP contribution in [0.4, 0.5) is 0 Å². The van der Waals surface area contributed by atoms with Gasteiger partial charge in [0.15, 0.2) is 0 Å². The first kappa shape index (κ1) is 5.91. The number of thioether (sulfide) groups is 1. The molecule has 0 amide bonds. The minimum atomic E-state index is 0.498. The number of nitrogens with one attached hydrogen (secondary N) is 1. The summed E-state index contributed by atoms with van der Waals surface area (Å²) in [5.41, 5.74) is 0. The molecule has 1 heterocycles. The normalized spacial score (nSPS) is 9.62. The van der Waals surface area contributed by atoms with Crippen LogP contribution in [0.15, 0.2) is 11.5 Å². The molecule has 0 aromatic carbocycles. The van der Waals surface area contributed by atoms with Crippen LogP contribution >= 0.6 is 23.4 Å². The van der Waals surface area contributed by atoms with E-state index in [0.717, 1.165) is 0 Å². The average molecular weight is 150 g/mol. The van der Waals surface area contributed by atoms with Crippen LogP contribution in [-0.4, -0.2) is 20.4 Å². The van der Waals surface area contributed by atoms with Crippen molar-refractivity contribution in [3.8, 4) is 0 Å². The lowest BCUT2D eigenvalue weighted by Crippen LogP contribution is -1.71. The second kappa shape index (κ2) is 2.94. The van der Waals surface area contributed by atoms with E-state index in [4.69, 9.17) is 11.6 Å². The van der Waals surface area contributed by atoms with Gasteiger partial charge in [-0.05, 0) is 0 Å². The first-order valence-electron chi connectivity index (χ1n) is 1.98. The number of hydrogen-bond donors (Lipinski definition) is 1. The van der Waals surface area contributed by atoms with E-state index in [-0.39, 0.29) is 0 Å². The number of nitrogens with zero attached hydrogens (tertiary/aromatic N) is 2. The van der Waals surface area contributed by atoms with E-state index in [0.29, 0.717) is 10.4 Å². The van der Waals surface area contributed by atoms with Gasteiger partial charge in [-0.25, -0.2) is 4.98 Å². The van der Waals surface area contributed by atoms with Crippen molar-refractivity contribution in [2.24, 2.45) is 0 Å². The lowest BCUT2D eigenvalue weighted by molar-refractivity contribution is 0.976. The molecule has 1 N–H and O–H groups in total. The van der Waals surface area contributed by atoms with Crippen LogP contribution in [0.25, 0.3) is 0 Å². The molecule has 0 aliphatic rings. The van der Waals surface area contributed by atoms with Gasteiger partial charge in [0.05, 0.1) is 5.21 Å². The predicted octanol–water partition coefficient (Wildman–Crippen LogP) is 1.09. The zero-order valence-corrected chi connectivity index (χ0v) is 5.54. The van der Waals surface area contributed by atoms with Crippen LogP contribution in [-0.2, 0) is 0 Å². The van der Waals surface area contributed by atoms with Gasteiger partial charge in [0.25, 0.3) is 0 Å². The molecule has 0 aliphatic heterocycles. The third-order valence-corrected chi connectivity index (χ3v) is 1.47. The molecular weight excluding hydrogens is 146 g/mol. The molecule has 8 heavy (non-hydrogen) atoms. The van der Waals surface area contributed by atoms with Gasteiger partial charge >= 0.3 is 0 Å². The molecule has 1 aromatic rings. The molecule has 0 aliphatic carbocycles. The quantitative estimate of drug-likeness (QED) is 0.506. The number of H-pyrrole nitrogens is 1. The van der Waals surface area contributed by atoms with Gasteiger partial charge in [-0.2, -0.15) is 0 Å². The number of hydrogen-bond acceptors (Lipinski definition) is 3. The lowest BCUT2D eigenvalue weighted by atomic mass is 11.3. The van der Waals surface area contributed by atoms with E-state index in [2.05, 4.69) is 15.2 Å². The Morgan fingerprint density at radius 1 is 1.88 bits per heavy atom. The van der Waals surface area contributed by atoms with Gasteiger partial charge in [0, 0.05) is 0 Å². The smallest absolute Gasteiger partial charge is 0.209 e. The molecule has 0 saturated heterocycles. The summed E-state index contributed by atoms with van der Waals surface area (Å²) in [5, 5.41) is 7.51. The number of rotatable bonds is 2. The van der Waals surface area contributed by atoms with E-state index < -0.39 is 0 Å². The molecule has 5 heteroatoms. The molecule has 1 rings (SSSR count). The van der Waals surface area contributed by atoms with Gasteiger partial charge < -0.3 is 0 Å². The van der Waals surface area contributed by atoms with Gasteiger partial charge in [-0.15, -0.1) is 16.7 Å². The number of aromatic amines is 1. The highest BCUT2D eigenvalue weighted by Crippen LogP contribution is 2.10. The van der Waals surface area contributed by atoms with E-state index in [9.17, 15) is 0 Å². The molecule has 0 unspecified atom stereocenters. The molecule has 1 aromatic heterocycles. The lowest BCUT2D eigenvalue weighted by Gasteiger charge is -1.81. The minimum Gasteiger partial charge on any atom is -0.265 e. The van der Waals surface area contributed by atoms with Crippen molar-refractivity contribution in [2.45, 2.75) is 5.16 Å². The van der Waals surface area contributed by atoms with Crippen molar-refractivity contribution in [1.82, 2.24) is 15.2 Å². The zero-order valence-electron chi connectivity index (χ0n) is 3.97. The zero-order chi connectivity index (χ0) is 5.82. The van der Waals surface area contributed by atoms with Crippen LogP contribution in [0.5, 0.6) is 0 Å². The van der Waals surface area contributed by atoms with Gasteiger partial charge in [0.2, 0.25) is 5.16 Å². The summed E-state index contributed by atoms with van der Waals surface area (Å²) in [6, 6.07) is 0. The Labute approximate surface area is 55.8 Å².